The van der Waals surface area contributed by atoms with Gasteiger partial charge in [0.05, 0.1) is 24.2 Å². The normalized spacial score (nSPS) is 21.4. The van der Waals surface area contributed by atoms with Gasteiger partial charge in [0.1, 0.15) is 11.1 Å². The van der Waals surface area contributed by atoms with Crippen LogP contribution in [-0.4, -0.2) is 35.4 Å². The van der Waals surface area contributed by atoms with E-state index in [1.54, 1.807) is 26.0 Å². The molecule has 3 atom stereocenters. The average molecular weight is 428 g/mol. The molecule has 0 saturated carbocycles. The summed E-state index contributed by atoms with van der Waals surface area (Å²) in [5, 5.41) is -0.0512. The zero-order chi connectivity index (χ0) is 19.6. The summed E-state index contributed by atoms with van der Waals surface area (Å²) >= 11 is 7.85. The van der Waals surface area contributed by atoms with E-state index >= 15 is 0 Å². The van der Waals surface area contributed by atoms with Gasteiger partial charge in [0.25, 0.3) is 0 Å². The maximum Gasteiger partial charge on any atom is 0.320 e. The number of thiazole rings is 1. The van der Waals surface area contributed by atoms with Crippen molar-refractivity contribution in [1.29, 1.82) is 0 Å². The van der Waals surface area contributed by atoms with Gasteiger partial charge in [-0.1, -0.05) is 23.9 Å². The molecule has 0 bridgehead atoms. The van der Waals surface area contributed by atoms with E-state index in [0.29, 0.717) is 3.95 Å². The summed E-state index contributed by atoms with van der Waals surface area (Å²) in [6.07, 6.45) is 0. The molecule has 2 aromatic rings. The Morgan fingerprint density at radius 2 is 1.78 bits per heavy atom. The van der Waals surface area contributed by atoms with Gasteiger partial charge in [-0.3, -0.25) is 9.59 Å². The minimum Gasteiger partial charge on any atom is -0.466 e. The molecule has 27 heavy (non-hydrogen) atoms. The van der Waals surface area contributed by atoms with Gasteiger partial charge in [-0.25, -0.2) is 4.39 Å². The van der Waals surface area contributed by atoms with Crippen molar-refractivity contribution < 1.29 is 23.5 Å². The fraction of sp³-hybridized carbons (Fsp3) is 0.389. The molecule has 3 rings (SSSR count). The Labute approximate surface area is 169 Å². The van der Waals surface area contributed by atoms with E-state index in [9.17, 15) is 14.0 Å². The molecule has 1 aromatic carbocycles. The molecule has 3 unspecified atom stereocenters. The summed E-state index contributed by atoms with van der Waals surface area (Å²) < 4.78 is 24.5. The molecule has 5 nitrogen and oxygen atoms in total. The number of benzene rings is 1. The lowest BCUT2D eigenvalue weighted by molar-refractivity contribution is -0.154. The second-order valence-corrected chi connectivity index (χ2v) is 8.68. The van der Waals surface area contributed by atoms with Crippen LogP contribution in [0.3, 0.4) is 0 Å². The first-order valence-electron chi connectivity index (χ1n) is 8.44. The molecule has 1 aliphatic rings. The van der Waals surface area contributed by atoms with E-state index in [1.807, 2.05) is 0 Å². The van der Waals surface area contributed by atoms with Gasteiger partial charge in [0.15, 0.2) is 3.95 Å². The first kappa shape index (κ1) is 20.0. The smallest absolute Gasteiger partial charge is 0.320 e. The number of aromatic nitrogens is 1. The average Bonchev–Trinajstić information content (AvgIpc) is 3.01. The lowest BCUT2D eigenvalue weighted by Crippen LogP contribution is -2.41. The minimum atomic E-state index is -0.798. The van der Waals surface area contributed by atoms with Crippen molar-refractivity contribution in [2.75, 3.05) is 13.2 Å². The van der Waals surface area contributed by atoms with Gasteiger partial charge in [-0.2, -0.15) is 0 Å². The third-order valence-electron chi connectivity index (χ3n) is 4.16. The lowest BCUT2D eigenvalue weighted by Gasteiger charge is -2.34. The molecular weight excluding hydrogens is 409 g/mol. The number of carbonyl (C=O) groups excluding carboxylic acids is 2. The monoisotopic (exact) mass is 427 g/mol. The van der Waals surface area contributed by atoms with E-state index in [1.165, 1.54) is 35.2 Å². The first-order chi connectivity index (χ1) is 13.0. The summed E-state index contributed by atoms with van der Waals surface area (Å²) in [6.45, 7) is 3.83. The number of ether oxygens (including phenoxy) is 2. The van der Waals surface area contributed by atoms with Gasteiger partial charge in [-0.05, 0) is 43.8 Å². The van der Waals surface area contributed by atoms with Gasteiger partial charge in [0, 0.05) is 10.8 Å². The van der Waals surface area contributed by atoms with Crippen LogP contribution in [-0.2, 0) is 19.1 Å². The van der Waals surface area contributed by atoms with Crippen molar-refractivity contribution >= 4 is 47.3 Å². The van der Waals surface area contributed by atoms with Crippen LogP contribution in [0, 0.1) is 15.7 Å². The van der Waals surface area contributed by atoms with Crippen LogP contribution in [0.5, 0.6) is 0 Å². The number of halogens is 1. The van der Waals surface area contributed by atoms with Crippen LogP contribution < -0.4 is 0 Å². The van der Waals surface area contributed by atoms with Crippen molar-refractivity contribution in [1.82, 2.24) is 4.98 Å². The second kappa shape index (κ2) is 8.53. The van der Waals surface area contributed by atoms with Crippen molar-refractivity contribution in [2.24, 2.45) is 5.92 Å². The van der Waals surface area contributed by atoms with E-state index in [4.69, 9.17) is 21.7 Å². The summed E-state index contributed by atoms with van der Waals surface area (Å²) in [4.78, 5) is 29.4. The fourth-order valence-electron chi connectivity index (χ4n) is 3.10. The van der Waals surface area contributed by atoms with E-state index in [-0.39, 0.29) is 19.0 Å². The predicted octanol–water partition coefficient (Wildman–Crippen LogP) is 4.29. The highest BCUT2D eigenvalue weighted by Crippen LogP contribution is 2.50. The molecule has 0 spiro atoms. The van der Waals surface area contributed by atoms with Crippen LogP contribution in [0.4, 0.5) is 4.39 Å². The number of hydrogen-bond acceptors (Lipinski definition) is 7. The van der Waals surface area contributed by atoms with E-state index < -0.39 is 29.0 Å². The quantitative estimate of drug-likeness (QED) is 0.567. The number of nitrogens with one attached hydrogen (secondary N) is 1. The highest BCUT2D eigenvalue weighted by atomic mass is 32.2. The number of fused-ring (bicyclic) bond motifs is 1. The minimum absolute atomic E-state index is 0.196. The summed E-state index contributed by atoms with van der Waals surface area (Å²) in [7, 11) is 0. The SMILES string of the molecule is CCOC(=O)C1Sc2[nH]c(=S)sc2C(c2ccc(F)cc2)C1C(=O)OCC. The second-order valence-electron chi connectivity index (χ2n) is 5.81. The van der Waals surface area contributed by atoms with Crippen LogP contribution in [0.15, 0.2) is 29.3 Å². The molecule has 9 heteroatoms. The van der Waals surface area contributed by atoms with Crippen molar-refractivity contribution in [3.8, 4) is 0 Å². The van der Waals surface area contributed by atoms with Gasteiger partial charge in [-0.15, -0.1) is 11.3 Å². The fourth-order valence-corrected chi connectivity index (χ4v) is 6.02. The van der Waals surface area contributed by atoms with Crippen molar-refractivity contribution in [3.63, 3.8) is 0 Å². The highest BCUT2D eigenvalue weighted by Gasteiger charge is 2.48. The Hall–Kier alpha value is -1.71. The predicted molar refractivity (Wildman–Crippen MR) is 104 cm³/mol. The molecule has 0 radical (unpaired) electrons. The molecule has 0 amide bonds. The molecule has 1 aromatic heterocycles. The summed E-state index contributed by atoms with van der Waals surface area (Å²) in [5.74, 6) is -2.62. The Kier molecular flexibility index (Phi) is 6.33. The van der Waals surface area contributed by atoms with Gasteiger partial charge < -0.3 is 14.5 Å². The molecule has 2 heterocycles. The Balaban J connectivity index is 2.15. The van der Waals surface area contributed by atoms with E-state index in [0.717, 1.165) is 15.5 Å². The number of rotatable bonds is 5. The molecule has 0 aliphatic carbocycles. The summed E-state index contributed by atoms with van der Waals surface area (Å²) in [5.41, 5.74) is 0.718. The van der Waals surface area contributed by atoms with Gasteiger partial charge >= 0.3 is 11.9 Å². The van der Waals surface area contributed by atoms with E-state index in [2.05, 4.69) is 4.98 Å². The maximum atomic E-state index is 13.4. The Morgan fingerprint density at radius 1 is 1.15 bits per heavy atom. The first-order valence-corrected chi connectivity index (χ1v) is 10.5. The molecule has 1 N–H and O–H groups in total. The topological polar surface area (TPSA) is 68.4 Å². The van der Waals surface area contributed by atoms with Crippen LogP contribution in [0.1, 0.15) is 30.2 Å². The number of carbonyl (C=O) groups is 2. The molecule has 0 saturated heterocycles. The number of esters is 2. The van der Waals surface area contributed by atoms with Crippen LogP contribution in [0.25, 0.3) is 0 Å². The highest BCUT2D eigenvalue weighted by molar-refractivity contribution is 8.00. The number of H-pyrrole nitrogens is 1. The molecular formula is C18H18FNO4S3. The third kappa shape index (κ3) is 4.09. The number of hydrogen-bond donors (Lipinski definition) is 1. The molecule has 0 fully saturated rings. The zero-order valence-electron chi connectivity index (χ0n) is 14.7. The number of aromatic amines is 1. The summed E-state index contributed by atoms with van der Waals surface area (Å²) in [6, 6.07) is 5.92. The Morgan fingerprint density at radius 3 is 2.41 bits per heavy atom. The van der Waals surface area contributed by atoms with Crippen LogP contribution >= 0.6 is 35.3 Å². The van der Waals surface area contributed by atoms with Crippen molar-refractivity contribution in [2.45, 2.75) is 30.0 Å². The zero-order valence-corrected chi connectivity index (χ0v) is 17.1. The Bertz CT molecular complexity index is 893. The standard InChI is InChI=1S/C18H18FNO4S3/c1-3-23-16(21)12-11(9-5-7-10(19)8-6-9)13-15(20-18(25)27-13)26-14(12)17(22)24-4-2/h5-8,11-12,14H,3-4H2,1-2H3,(H,20,25). The van der Waals surface area contributed by atoms with Gasteiger partial charge in [0.2, 0.25) is 0 Å². The van der Waals surface area contributed by atoms with Crippen LogP contribution in [0.2, 0.25) is 0 Å². The lowest BCUT2D eigenvalue weighted by atomic mass is 9.82. The maximum absolute atomic E-state index is 13.4. The molecule has 144 valence electrons. The van der Waals surface area contributed by atoms with Crippen molar-refractivity contribution in [3.05, 3.63) is 44.5 Å². The number of thioether (sulfide) groups is 1. The third-order valence-corrected chi connectivity index (χ3v) is 6.91. The molecule has 1 aliphatic heterocycles. The largest absolute Gasteiger partial charge is 0.466 e.